The minimum atomic E-state index is -1.18. The van der Waals surface area contributed by atoms with Crippen molar-refractivity contribution < 1.29 is 23.4 Å². The van der Waals surface area contributed by atoms with E-state index in [1.807, 2.05) is 0 Å². The van der Waals surface area contributed by atoms with E-state index in [9.17, 15) is 18.7 Å². The number of hydrogen-bond acceptors (Lipinski definition) is 6. The zero-order valence-electron chi connectivity index (χ0n) is 18.6. The van der Waals surface area contributed by atoms with E-state index in [4.69, 9.17) is 4.74 Å². The standard InChI is InChI=1S/C23H25F2N5O3/c1-14(23(2,3)32)27-21-26-13-12-19(29-21)30(15-8-10-16(33-4)11-9-15)22(31)28-18-7-5-6-17(24)20(18)25/h5-14,32H,1-4H3,(H,28,31)(H,26,27,29). The van der Waals surface area contributed by atoms with Crippen molar-refractivity contribution in [3.8, 4) is 5.75 Å². The zero-order valence-corrected chi connectivity index (χ0v) is 18.6. The molecule has 0 saturated carbocycles. The first kappa shape index (κ1) is 23.9. The molecule has 3 N–H and O–H groups in total. The van der Waals surface area contributed by atoms with Gasteiger partial charge in [-0.25, -0.2) is 23.5 Å². The fourth-order valence-electron chi connectivity index (χ4n) is 2.77. The Bertz CT molecular complexity index is 1120. The van der Waals surface area contributed by atoms with Crippen LogP contribution in [0.15, 0.2) is 54.7 Å². The van der Waals surface area contributed by atoms with Crippen LogP contribution in [-0.4, -0.2) is 39.9 Å². The molecular weight excluding hydrogens is 432 g/mol. The summed E-state index contributed by atoms with van der Waals surface area (Å²) in [4.78, 5) is 22.9. The number of carbonyl (C=O) groups is 1. The number of halogens is 2. The van der Waals surface area contributed by atoms with Gasteiger partial charge in [-0.2, -0.15) is 4.98 Å². The molecule has 0 fully saturated rings. The van der Waals surface area contributed by atoms with E-state index in [0.717, 1.165) is 6.07 Å². The number of rotatable bonds is 7. The maximum Gasteiger partial charge on any atom is 0.332 e. The molecule has 1 unspecified atom stereocenters. The number of carbonyl (C=O) groups excluding carboxylic acids is 1. The number of benzene rings is 2. The Labute approximate surface area is 190 Å². The van der Waals surface area contributed by atoms with E-state index in [0.29, 0.717) is 11.4 Å². The molecule has 0 saturated heterocycles. The summed E-state index contributed by atoms with van der Waals surface area (Å²) >= 11 is 0. The molecule has 33 heavy (non-hydrogen) atoms. The van der Waals surface area contributed by atoms with Crippen LogP contribution in [0.4, 0.5) is 36.7 Å². The van der Waals surface area contributed by atoms with Gasteiger partial charge >= 0.3 is 6.03 Å². The van der Waals surface area contributed by atoms with Crippen LogP contribution < -0.4 is 20.3 Å². The maximum absolute atomic E-state index is 14.2. The van der Waals surface area contributed by atoms with Crippen molar-refractivity contribution in [3.63, 3.8) is 0 Å². The third-order valence-electron chi connectivity index (χ3n) is 5.00. The van der Waals surface area contributed by atoms with Gasteiger partial charge < -0.3 is 20.5 Å². The predicted molar refractivity (Wildman–Crippen MR) is 122 cm³/mol. The second-order valence-corrected chi connectivity index (χ2v) is 7.82. The molecule has 2 amide bonds. The highest BCUT2D eigenvalue weighted by atomic mass is 19.2. The number of nitrogens with one attached hydrogen (secondary N) is 2. The summed E-state index contributed by atoms with van der Waals surface area (Å²) in [6, 6.07) is 10.3. The van der Waals surface area contributed by atoms with E-state index in [1.165, 1.54) is 36.4 Å². The van der Waals surface area contributed by atoms with Crippen molar-refractivity contribution in [2.75, 3.05) is 22.6 Å². The second kappa shape index (κ2) is 9.78. The van der Waals surface area contributed by atoms with Crippen LogP contribution in [0.1, 0.15) is 20.8 Å². The van der Waals surface area contributed by atoms with Gasteiger partial charge in [-0.3, -0.25) is 0 Å². The van der Waals surface area contributed by atoms with Gasteiger partial charge in [0, 0.05) is 12.3 Å². The molecule has 0 radical (unpaired) electrons. The Balaban J connectivity index is 1.99. The molecule has 0 spiro atoms. The number of anilines is 4. The molecule has 0 aliphatic rings. The van der Waals surface area contributed by atoms with Gasteiger partial charge in [0.25, 0.3) is 0 Å². The number of nitrogens with zero attached hydrogens (tertiary/aromatic N) is 3. The zero-order chi connectivity index (χ0) is 24.2. The summed E-state index contributed by atoms with van der Waals surface area (Å²) in [5.74, 6) is -1.36. The fourth-order valence-corrected chi connectivity index (χ4v) is 2.77. The van der Waals surface area contributed by atoms with E-state index in [1.54, 1.807) is 45.0 Å². The van der Waals surface area contributed by atoms with E-state index < -0.39 is 29.3 Å². The van der Waals surface area contributed by atoms with Crippen molar-refractivity contribution in [3.05, 3.63) is 66.4 Å². The summed E-state index contributed by atoms with van der Waals surface area (Å²) in [6.45, 7) is 5.04. The summed E-state index contributed by atoms with van der Waals surface area (Å²) in [6.07, 6.45) is 1.44. The number of hydrogen-bond donors (Lipinski definition) is 3. The maximum atomic E-state index is 14.2. The summed E-state index contributed by atoms with van der Waals surface area (Å²) < 4.78 is 33.0. The lowest BCUT2D eigenvalue weighted by atomic mass is 10.0. The van der Waals surface area contributed by atoms with Gasteiger partial charge in [0.1, 0.15) is 11.6 Å². The fraction of sp³-hybridized carbons (Fsp3) is 0.261. The van der Waals surface area contributed by atoms with Crippen molar-refractivity contribution >= 4 is 29.2 Å². The molecule has 0 aliphatic heterocycles. The number of ether oxygens (including phenoxy) is 1. The molecule has 2 aromatic carbocycles. The molecule has 3 aromatic rings. The first-order valence-corrected chi connectivity index (χ1v) is 10.1. The van der Waals surface area contributed by atoms with Crippen LogP contribution >= 0.6 is 0 Å². The molecule has 0 bridgehead atoms. The highest BCUT2D eigenvalue weighted by Gasteiger charge is 2.25. The van der Waals surface area contributed by atoms with E-state index in [-0.39, 0.29) is 17.5 Å². The van der Waals surface area contributed by atoms with E-state index >= 15 is 0 Å². The Morgan fingerprint density at radius 3 is 2.48 bits per heavy atom. The molecule has 8 nitrogen and oxygen atoms in total. The van der Waals surface area contributed by atoms with Crippen LogP contribution in [0.2, 0.25) is 0 Å². The van der Waals surface area contributed by atoms with Crippen molar-refractivity contribution in [2.45, 2.75) is 32.4 Å². The van der Waals surface area contributed by atoms with Crippen LogP contribution in [-0.2, 0) is 0 Å². The summed E-state index contributed by atoms with van der Waals surface area (Å²) in [5.41, 5.74) is -0.978. The molecule has 3 rings (SSSR count). The molecule has 1 atom stereocenters. The van der Waals surface area contributed by atoms with Crippen LogP contribution in [0.25, 0.3) is 0 Å². The largest absolute Gasteiger partial charge is 0.497 e. The first-order valence-electron chi connectivity index (χ1n) is 10.1. The van der Waals surface area contributed by atoms with E-state index in [2.05, 4.69) is 20.6 Å². The van der Waals surface area contributed by atoms with Crippen LogP contribution in [0.3, 0.4) is 0 Å². The monoisotopic (exact) mass is 457 g/mol. The topological polar surface area (TPSA) is 99.6 Å². The van der Waals surface area contributed by atoms with Gasteiger partial charge in [-0.05, 0) is 57.2 Å². The molecule has 0 aliphatic carbocycles. The van der Waals surface area contributed by atoms with Gasteiger partial charge in [0.2, 0.25) is 5.95 Å². The minimum Gasteiger partial charge on any atom is -0.497 e. The minimum absolute atomic E-state index is 0.162. The third-order valence-corrected chi connectivity index (χ3v) is 5.00. The third kappa shape index (κ3) is 5.72. The molecule has 10 heteroatoms. The summed E-state index contributed by atoms with van der Waals surface area (Å²) in [7, 11) is 1.51. The summed E-state index contributed by atoms with van der Waals surface area (Å²) in [5, 5.41) is 15.6. The molecule has 174 valence electrons. The first-order chi connectivity index (χ1) is 15.6. The average Bonchev–Trinajstić information content (AvgIpc) is 2.77. The Morgan fingerprint density at radius 2 is 1.85 bits per heavy atom. The normalized spacial score (nSPS) is 12.1. The lowest BCUT2D eigenvalue weighted by Crippen LogP contribution is -2.40. The number of methoxy groups -OCH3 is 1. The number of amides is 2. The highest BCUT2D eigenvalue weighted by molar-refractivity contribution is 6.06. The number of aromatic nitrogens is 2. The van der Waals surface area contributed by atoms with Crippen molar-refractivity contribution in [1.29, 1.82) is 0 Å². The number of urea groups is 1. The van der Waals surface area contributed by atoms with Crippen molar-refractivity contribution in [1.82, 2.24) is 9.97 Å². The van der Waals surface area contributed by atoms with Gasteiger partial charge in [0.05, 0.1) is 30.1 Å². The highest BCUT2D eigenvalue weighted by Crippen LogP contribution is 2.28. The average molecular weight is 457 g/mol. The lowest BCUT2D eigenvalue weighted by Gasteiger charge is -2.27. The van der Waals surface area contributed by atoms with Crippen LogP contribution in [0, 0.1) is 11.6 Å². The predicted octanol–water partition coefficient (Wildman–Crippen LogP) is 4.70. The molecule has 1 aromatic heterocycles. The Kier molecular flexibility index (Phi) is 7.07. The SMILES string of the molecule is COc1ccc(N(C(=O)Nc2cccc(F)c2F)c2ccnc(NC(C)C(C)(C)O)n2)cc1. The quantitative estimate of drug-likeness (QED) is 0.475. The molecular formula is C23H25F2N5O3. The van der Waals surface area contributed by atoms with Gasteiger partial charge in [0.15, 0.2) is 11.6 Å². The number of aliphatic hydroxyl groups is 1. The second-order valence-electron chi connectivity index (χ2n) is 7.82. The Morgan fingerprint density at radius 1 is 1.15 bits per heavy atom. The smallest absolute Gasteiger partial charge is 0.332 e. The molecule has 1 heterocycles. The van der Waals surface area contributed by atoms with Gasteiger partial charge in [-0.15, -0.1) is 0 Å². The van der Waals surface area contributed by atoms with Gasteiger partial charge in [-0.1, -0.05) is 6.07 Å². The van der Waals surface area contributed by atoms with Crippen LogP contribution in [0.5, 0.6) is 5.75 Å². The Hall–Kier alpha value is -3.79. The van der Waals surface area contributed by atoms with Crippen molar-refractivity contribution in [2.24, 2.45) is 0 Å². The lowest BCUT2D eigenvalue weighted by molar-refractivity contribution is 0.0646.